The van der Waals surface area contributed by atoms with E-state index in [1.807, 2.05) is 37.1 Å². The normalized spacial score (nSPS) is 7.85. The third-order valence-electron chi connectivity index (χ3n) is 1.57. The minimum absolute atomic E-state index is 0. The van der Waals surface area contributed by atoms with Gasteiger partial charge in [-0.2, -0.15) is 0 Å². The van der Waals surface area contributed by atoms with E-state index in [-0.39, 0.29) is 12.4 Å². The Morgan fingerprint density at radius 3 is 2.38 bits per heavy atom. The highest BCUT2D eigenvalue weighted by molar-refractivity contribution is 5.85. The van der Waals surface area contributed by atoms with Gasteiger partial charge in [0.05, 0.1) is 6.54 Å². The van der Waals surface area contributed by atoms with Gasteiger partial charge in [0.2, 0.25) is 0 Å². The summed E-state index contributed by atoms with van der Waals surface area (Å²) in [4.78, 5) is 1.98. The zero-order valence-electron chi connectivity index (χ0n) is 7.95. The molecule has 0 aromatic heterocycles. The molecule has 0 spiro atoms. The first-order valence-corrected chi connectivity index (χ1v) is 4.00. The molecule has 0 radical (unpaired) electrons. The standard InChI is InChI=1S/C11H13N.ClH/c1-3-9-12(2)10-11-7-5-4-6-8-11;/h4-8H,10H2,1-2H3;1H. The summed E-state index contributed by atoms with van der Waals surface area (Å²) in [6.07, 6.45) is 0. The highest BCUT2D eigenvalue weighted by Crippen LogP contribution is 2.00. The van der Waals surface area contributed by atoms with E-state index in [0.29, 0.717) is 0 Å². The molecule has 0 aliphatic carbocycles. The summed E-state index contributed by atoms with van der Waals surface area (Å²) < 4.78 is 0. The molecular formula is C11H14ClN. The Balaban J connectivity index is 0.00000144. The Kier molecular flexibility index (Phi) is 5.84. The Hall–Kier alpha value is -1.13. The number of hydrogen-bond donors (Lipinski definition) is 0. The largest absolute Gasteiger partial charge is 0.331 e. The van der Waals surface area contributed by atoms with Crippen LogP contribution in [0.5, 0.6) is 0 Å². The monoisotopic (exact) mass is 195 g/mol. The highest BCUT2D eigenvalue weighted by atomic mass is 35.5. The summed E-state index contributed by atoms with van der Waals surface area (Å²) in [6, 6.07) is 13.3. The van der Waals surface area contributed by atoms with Crippen molar-refractivity contribution < 1.29 is 0 Å². The van der Waals surface area contributed by atoms with Crippen LogP contribution in [0, 0.1) is 12.0 Å². The molecule has 1 rings (SSSR count). The van der Waals surface area contributed by atoms with Crippen LogP contribution in [0.25, 0.3) is 0 Å². The fraction of sp³-hybridized carbons (Fsp3) is 0.273. The average Bonchev–Trinajstić information content (AvgIpc) is 2.06. The predicted octanol–water partition coefficient (Wildman–Crippen LogP) is 2.52. The summed E-state index contributed by atoms with van der Waals surface area (Å²) >= 11 is 0. The van der Waals surface area contributed by atoms with E-state index in [1.54, 1.807) is 0 Å². The lowest BCUT2D eigenvalue weighted by Crippen LogP contribution is -2.10. The van der Waals surface area contributed by atoms with Crippen LogP contribution in [0.4, 0.5) is 0 Å². The van der Waals surface area contributed by atoms with Crippen molar-refractivity contribution in [3.8, 4) is 12.0 Å². The molecule has 0 saturated heterocycles. The van der Waals surface area contributed by atoms with Gasteiger partial charge >= 0.3 is 0 Å². The number of rotatable bonds is 2. The minimum atomic E-state index is 0. The van der Waals surface area contributed by atoms with Crippen molar-refractivity contribution in [3.05, 3.63) is 35.9 Å². The topological polar surface area (TPSA) is 3.24 Å². The molecular weight excluding hydrogens is 182 g/mol. The van der Waals surface area contributed by atoms with Crippen LogP contribution in [-0.4, -0.2) is 11.9 Å². The molecule has 0 unspecified atom stereocenters. The van der Waals surface area contributed by atoms with E-state index in [0.717, 1.165) is 6.54 Å². The van der Waals surface area contributed by atoms with E-state index in [9.17, 15) is 0 Å². The Bertz CT molecular complexity index is 284. The molecule has 0 bridgehead atoms. The third kappa shape index (κ3) is 4.45. The van der Waals surface area contributed by atoms with Crippen molar-refractivity contribution in [2.75, 3.05) is 7.05 Å². The van der Waals surface area contributed by atoms with Gasteiger partial charge in [0.1, 0.15) is 0 Å². The average molecular weight is 196 g/mol. The Morgan fingerprint density at radius 1 is 1.23 bits per heavy atom. The predicted molar refractivity (Wildman–Crippen MR) is 58.6 cm³/mol. The molecule has 0 amide bonds. The summed E-state index contributed by atoms with van der Waals surface area (Å²) in [5.41, 5.74) is 1.29. The molecule has 0 heterocycles. The van der Waals surface area contributed by atoms with Crippen molar-refractivity contribution in [3.63, 3.8) is 0 Å². The van der Waals surface area contributed by atoms with Gasteiger partial charge < -0.3 is 4.90 Å². The molecule has 0 N–H and O–H groups in total. The zero-order chi connectivity index (χ0) is 8.81. The van der Waals surface area contributed by atoms with Gasteiger partial charge in [0.15, 0.2) is 0 Å². The first-order valence-electron chi connectivity index (χ1n) is 4.00. The van der Waals surface area contributed by atoms with Crippen LogP contribution in [0.2, 0.25) is 0 Å². The SMILES string of the molecule is CC#CN(C)Cc1ccccc1.Cl. The van der Waals surface area contributed by atoms with E-state index in [4.69, 9.17) is 0 Å². The van der Waals surface area contributed by atoms with Gasteiger partial charge in [-0.25, -0.2) is 0 Å². The van der Waals surface area contributed by atoms with Gasteiger partial charge in [-0.15, -0.1) is 12.4 Å². The quantitative estimate of drug-likeness (QED) is 0.518. The molecule has 0 atom stereocenters. The van der Waals surface area contributed by atoms with Crippen LogP contribution in [-0.2, 0) is 6.54 Å². The fourth-order valence-corrected chi connectivity index (χ4v) is 1.09. The zero-order valence-corrected chi connectivity index (χ0v) is 8.77. The van der Waals surface area contributed by atoms with Gasteiger partial charge in [-0.1, -0.05) is 36.3 Å². The van der Waals surface area contributed by atoms with Crippen LogP contribution in [0.1, 0.15) is 12.5 Å². The summed E-state index contributed by atoms with van der Waals surface area (Å²) in [5.74, 6) is 2.86. The first-order chi connectivity index (χ1) is 5.83. The molecule has 0 aliphatic rings. The molecule has 1 aromatic rings. The molecule has 1 aromatic carbocycles. The molecule has 1 nitrogen and oxygen atoms in total. The highest BCUT2D eigenvalue weighted by Gasteiger charge is 1.92. The van der Waals surface area contributed by atoms with E-state index in [1.165, 1.54) is 5.56 Å². The second-order valence-corrected chi connectivity index (χ2v) is 2.70. The van der Waals surface area contributed by atoms with Crippen molar-refractivity contribution in [2.24, 2.45) is 0 Å². The number of benzene rings is 1. The number of halogens is 1. The van der Waals surface area contributed by atoms with Crippen molar-refractivity contribution >= 4 is 12.4 Å². The number of nitrogens with zero attached hydrogens (tertiary/aromatic N) is 1. The third-order valence-corrected chi connectivity index (χ3v) is 1.57. The lowest BCUT2D eigenvalue weighted by Gasteiger charge is -2.09. The lowest BCUT2D eigenvalue weighted by molar-refractivity contribution is 0.478. The maximum atomic E-state index is 2.98. The van der Waals surface area contributed by atoms with Crippen molar-refractivity contribution in [1.82, 2.24) is 4.90 Å². The van der Waals surface area contributed by atoms with Crippen LogP contribution < -0.4 is 0 Å². The van der Waals surface area contributed by atoms with E-state index >= 15 is 0 Å². The van der Waals surface area contributed by atoms with Crippen LogP contribution >= 0.6 is 12.4 Å². The smallest absolute Gasteiger partial charge is 0.0507 e. The number of hydrogen-bond acceptors (Lipinski definition) is 1. The molecule has 0 fully saturated rings. The van der Waals surface area contributed by atoms with E-state index in [2.05, 4.69) is 24.1 Å². The second kappa shape index (κ2) is 6.39. The van der Waals surface area contributed by atoms with E-state index < -0.39 is 0 Å². The lowest BCUT2D eigenvalue weighted by atomic mass is 10.2. The Labute approximate surface area is 86.2 Å². The first kappa shape index (κ1) is 11.9. The second-order valence-electron chi connectivity index (χ2n) is 2.70. The fourth-order valence-electron chi connectivity index (χ4n) is 1.09. The van der Waals surface area contributed by atoms with Crippen molar-refractivity contribution in [1.29, 1.82) is 0 Å². The van der Waals surface area contributed by atoms with Gasteiger partial charge in [0, 0.05) is 13.1 Å². The van der Waals surface area contributed by atoms with Gasteiger partial charge in [-0.05, 0) is 12.5 Å². The molecule has 13 heavy (non-hydrogen) atoms. The summed E-state index contributed by atoms with van der Waals surface area (Å²) in [5, 5.41) is 0. The molecule has 0 aliphatic heterocycles. The molecule has 70 valence electrons. The Morgan fingerprint density at radius 2 is 1.85 bits per heavy atom. The molecule has 0 saturated carbocycles. The van der Waals surface area contributed by atoms with Crippen LogP contribution in [0.15, 0.2) is 30.3 Å². The minimum Gasteiger partial charge on any atom is -0.331 e. The maximum absolute atomic E-state index is 2.98. The van der Waals surface area contributed by atoms with Crippen LogP contribution in [0.3, 0.4) is 0 Å². The maximum Gasteiger partial charge on any atom is 0.0507 e. The summed E-state index contributed by atoms with van der Waals surface area (Å²) in [6.45, 7) is 2.74. The molecule has 2 heteroatoms. The van der Waals surface area contributed by atoms with Gasteiger partial charge in [-0.3, -0.25) is 0 Å². The van der Waals surface area contributed by atoms with Crippen molar-refractivity contribution in [2.45, 2.75) is 13.5 Å². The summed E-state index contributed by atoms with van der Waals surface area (Å²) in [7, 11) is 1.99. The van der Waals surface area contributed by atoms with Gasteiger partial charge in [0.25, 0.3) is 0 Å².